The van der Waals surface area contributed by atoms with Gasteiger partial charge in [0.2, 0.25) is 0 Å². The van der Waals surface area contributed by atoms with Gasteiger partial charge in [0.05, 0.1) is 0 Å². The Morgan fingerprint density at radius 1 is 0.667 bits per heavy atom. The molecule has 0 aliphatic rings. The van der Waals surface area contributed by atoms with Gasteiger partial charge < -0.3 is 20.4 Å². The highest BCUT2D eigenvalue weighted by Gasteiger charge is 2.09. The Bertz CT molecular complexity index is 378. The predicted octanol–water partition coefficient (Wildman–Crippen LogP) is 0.204. The van der Waals surface area contributed by atoms with E-state index in [-0.39, 0.29) is 11.1 Å². The van der Waals surface area contributed by atoms with Crippen molar-refractivity contribution in [3.8, 4) is 0 Å². The molecule has 0 heterocycles. The summed E-state index contributed by atoms with van der Waals surface area (Å²) in [6.07, 6.45) is 1.12. The summed E-state index contributed by atoms with van der Waals surface area (Å²) in [5.41, 5.74) is -0.264. The van der Waals surface area contributed by atoms with Gasteiger partial charge in [-0.15, -0.1) is 0 Å². The van der Waals surface area contributed by atoms with E-state index in [1.54, 1.807) is 0 Å². The van der Waals surface area contributed by atoms with Gasteiger partial charge in [0.25, 0.3) is 0 Å². The van der Waals surface area contributed by atoms with Crippen molar-refractivity contribution in [3.63, 3.8) is 0 Å². The van der Waals surface area contributed by atoms with E-state index in [9.17, 15) is 19.2 Å². The zero-order chi connectivity index (χ0) is 14.9. The zero-order valence-electron chi connectivity index (χ0n) is 9.58. The molecule has 0 aromatic carbocycles. The number of rotatable bonds is 4. The van der Waals surface area contributed by atoms with Crippen molar-refractivity contribution in [3.05, 3.63) is 23.3 Å². The fourth-order valence-electron chi connectivity index (χ4n) is 0.463. The van der Waals surface area contributed by atoms with E-state index < -0.39 is 23.9 Å². The van der Waals surface area contributed by atoms with E-state index in [1.807, 2.05) is 0 Å². The molecule has 0 atom stereocenters. The summed E-state index contributed by atoms with van der Waals surface area (Å²) in [6.45, 7) is 2.51. The molecule has 0 radical (unpaired) electrons. The smallest absolute Gasteiger partial charge is 0.331 e. The van der Waals surface area contributed by atoms with Crippen molar-refractivity contribution in [1.29, 1.82) is 0 Å². The predicted molar refractivity (Wildman–Crippen MR) is 58.1 cm³/mol. The molecule has 0 rings (SSSR count). The molecule has 0 aliphatic heterocycles. The van der Waals surface area contributed by atoms with Gasteiger partial charge >= 0.3 is 23.9 Å². The largest absolute Gasteiger partial charge is 0.478 e. The molecule has 0 amide bonds. The summed E-state index contributed by atoms with van der Waals surface area (Å²) in [4.78, 5) is 39.4. The van der Waals surface area contributed by atoms with Crippen molar-refractivity contribution < 1.29 is 39.6 Å². The van der Waals surface area contributed by atoms with Crippen molar-refractivity contribution >= 4 is 23.9 Å². The second kappa shape index (κ2) is 8.50. The maximum Gasteiger partial charge on any atom is 0.331 e. The Labute approximate surface area is 101 Å². The minimum absolute atomic E-state index is 0.132. The maximum atomic E-state index is 10.1. The third-order valence-electron chi connectivity index (χ3n) is 1.57. The van der Waals surface area contributed by atoms with Crippen LogP contribution in [0.25, 0.3) is 0 Å². The van der Waals surface area contributed by atoms with Gasteiger partial charge in [-0.25, -0.2) is 19.2 Å². The molecule has 0 aromatic heterocycles. The first-order valence-electron chi connectivity index (χ1n) is 4.37. The Kier molecular flexibility index (Phi) is 8.38. The number of carbonyl (C=O) groups is 4. The first kappa shape index (κ1) is 17.7. The molecule has 0 bridgehead atoms. The van der Waals surface area contributed by atoms with Gasteiger partial charge in [0.15, 0.2) is 0 Å². The molecule has 8 nitrogen and oxygen atoms in total. The Balaban J connectivity index is 0. The summed E-state index contributed by atoms with van der Waals surface area (Å²) in [5, 5.41) is 32.2. The van der Waals surface area contributed by atoms with Crippen LogP contribution in [-0.2, 0) is 19.2 Å². The van der Waals surface area contributed by atoms with Crippen molar-refractivity contribution in [2.45, 2.75) is 13.8 Å². The second-order valence-electron chi connectivity index (χ2n) is 2.87. The third kappa shape index (κ3) is 9.90. The van der Waals surface area contributed by atoms with Gasteiger partial charge in [-0.2, -0.15) is 0 Å². The van der Waals surface area contributed by atoms with E-state index in [1.165, 1.54) is 13.8 Å². The van der Waals surface area contributed by atoms with E-state index in [4.69, 9.17) is 20.4 Å². The minimum atomic E-state index is -1.26. The lowest BCUT2D eigenvalue weighted by atomic mass is 10.1. The highest BCUT2D eigenvalue weighted by atomic mass is 16.4. The van der Waals surface area contributed by atoms with Crippen LogP contribution in [0.1, 0.15) is 13.8 Å². The third-order valence-corrected chi connectivity index (χ3v) is 1.57. The summed E-state index contributed by atoms with van der Waals surface area (Å²) in [7, 11) is 0. The monoisotopic (exact) mass is 260 g/mol. The van der Waals surface area contributed by atoms with E-state index in [0.717, 1.165) is 0 Å². The first-order chi connectivity index (χ1) is 8.09. The summed E-state index contributed by atoms with van der Waals surface area (Å²) >= 11 is 0. The van der Waals surface area contributed by atoms with Crippen molar-refractivity contribution in [1.82, 2.24) is 0 Å². The molecule has 0 aliphatic carbocycles. The number of aliphatic carboxylic acids is 4. The van der Waals surface area contributed by atoms with Crippen LogP contribution in [0.4, 0.5) is 0 Å². The van der Waals surface area contributed by atoms with E-state index >= 15 is 0 Å². The van der Waals surface area contributed by atoms with Crippen molar-refractivity contribution in [2.75, 3.05) is 0 Å². The standard InChI is InChI=1S/C6H8O4.C4H4O4/c1-3(5(7)8)4(2)6(9)10;5-3(6)1-2-4(7)8/h1-2H3,(H,7,8)(H,9,10);1-2H,(H,5,6)(H,7,8)/b4-3-;2-1-. The molecule has 8 heteroatoms. The molecule has 0 unspecified atom stereocenters. The average molecular weight is 260 g/mol. The highest BCUT2D eigenvalue weighted by molar-refractivity contribution is 5.97. The van der Waals surface area contributed by atoms with Gasteiger partial charge in [-0.1, -0.05) is 0 Å². The van der Waals surface area contributed by atoms with Crippen LogP contribution in [-0.4, -0.2) is 44.3 Å². The lowest BCUT2D eigenvalue weighted by molar-refractivity contribution is -0.135. The number of carboxylic acids is 4. The first-order valence-corrected chi connectivity index (χ1v) is 4.37. The lowest BCUT2D eigenvalue weighted by Gasteiger charge is -1.95. The molecule has 4 N–H and O–H groups in total. The molecule has 0 spiro atoms. The zero-order valence-corrected chi connectivity index (χ0v) is 9.58. The maximum absolute atomic E-state index is 10.1. The van der Waals surface area contributed by atoms with Crippen LogP contribution < -0.4 is 0 Å². The fraction of sp³-hybridized carbons (Fsp3) is 0.200. The Morgan fingerprint density at radius 2 is 0.889 bits per heavy atom. The number of carboxylic acid groups (broad SMARTS) is 4. The molecular weight excluding hydrogens is 248 g/mol. The summed E-state index contributed by atoms with van der Waals surface area (Å²) in [5.74, 6) is -4.90. The lowest BCUT2D eigenvalue weighted by Crippen LogP contribution is -2.06. The van der Waals surface area contributed by atoms with Crippen LogP contribution in [0.15, 0.2) is 23.3 Å². The number of hydrogen-bond acceptors (Lipinski definition) is 4. The topological polar surface area (TPSA) is 149 Å². The Morgan fingerprint density at radius 3 is 1.00 bits per heavy atom. The molecular formula is C10H12O8. The second-order valence-corrected chi connectivity index (χ2v) is 2.87. The van der Waals surface area contributed by atoms with Gasteiger partial charge in [-0.05, 0) is 13.8 Å². The number of hydrogen-bond donors (Lipinski definition) is 4. The fourth-order valence-corrected chi connectivity index (χ4v) is 0.463. The van der Waals surface area contributed by atoms with Gasteiger partial charge in [0, 0.05) is 23.3 Å². The molecule has 18 heavy (non-hydrogen) atoms. The summed E-state index contributed by atoms with van der Waals surface area (Å²) < 4.78 is 0. The highest BCUT2D eigenvalue weighted by Crippen LogP contribution is 2.02. The van der Waals surface area contributed by atoms with Crippen LogP contribution in [0, 0.1) is 0 Å². The van der Waals surface area contributed by atoms with Gasteiger partial charge in [-0.3, -0.25) is 0 Å². The van der Waals surface area contributed by atoms with E-state index in [0.29, 0.717) is 12.2 Å². The Hall–Kier alpha value is -2.64. The van der Waals surface area contributed by atoms with Crippen LogP contribution in [0.3, 0.4) is 0 Å². The minimum Gasteiger partial charge on any atom is -0.478 e. The quantitative estimate of drug-likeness (QED) is 0.523. The van der Waals surface area contributed by atoms with Crippen LogP contribution >= 0.6 is 0 Å². The van der Waals surface area contributed by atoms with Crippen LogP contribution in [0.2, 0.25) is 0 Å². The normalized spacial score (nSPS) is 11.0. The van der Waals surface area contributed by atoms with E-state index in [2.05, 4.69) is 0 Å². The average Bonchev–Trinajstić information content (AvgIpc) is 2.24. The molecule has 0 fully saturated rings. The van der Waals surface area contributed by atoms with Crippen molar-refractivity contribution in [2.24, 2.45) is 0 Å². The molecule has 0 saturated heterocycles. The molecule has 0 saturated carbocycles. The molecule has 0 aromatic rings. The van der Waals surface area contributed by atoms with Gasteiger partial charge in [0.1, 0.15) is 0 Å². The van der Waals surface area contributed by atoms with Crippen LogP contribution in [0.5, 0.6) is 0 Å². The summed E-state index contributed by atoms with van der Waals surface area (Å²) in [6, 6.07) is 0. The SMILES string of the molecule is C/C(C(=O)O)=C(\C)C(=O)O.O=C(O)/C=C\C(=O)O. The molecule has 100 valence electrons.